The number of halogens is 2. The predicted molar refractivity (Wildman–Crippen MR) is 73.8 cm³/mol. The quantitative estimate of drug-likeness (QED) is 0.837. The lowest BCUT2D eigenvalue weighted by Crippen LogP contribution is -2.35. The average Bonchev–Trinajstić information content (AvgIpc) is 2.31. The third-order valence-electron chi connectivity index (χ3n) is 2.56. The molecule has 0 spiro atoms. The van der Waals surface area contributed by atoms with Crippen LogP contribution < -0.4 is 0 Å². The lowest BCUT2D eigenvalue weighted by atomic mass is 10.3. The number of hydrogen-bond donors (Lipinski definition) is 0. The molecule has 0 aliphatic heterocycles. The summed E-state index contributed by atoms with van der Waals surface area (Å²) >= 11 is 9.13. The molecule has 0 N–H and O–H groups in total. The predicted octanol–water partition coefficient (Wildman–Crippen LogP) is 3.03. The zero-order valence-electron chi connectivity index (χ0n) is 9.89. The molecular formula is C11H12BrClN2O2S. The number of sulfonamides is 1. The highest BCUT2D eigenvalue weighted by Gasteiger charge is 2.27. The molecule has 4 nitrogen and oxygen atoms in total. The molecule has 1 unspecified atom stereocenters. The fourth-order valence-corrected chi connectivity index (χ4v) is 3.70. The molecule has 0 bridgehead atoms. The summed E-state index contributed by atoms with van der Waals surface area (Å²) in [5.74, 6) is 0. The molecule has 0 saturated carbocycles. The first-order valence-electron chi connectivity index (χ1n) is 5.10. The third kappa shape index (κ3) is 3.23. The summed E-state index contributed by atoms with van der Waals surface area (Å²) in [4.78, 5) is 0.0332. The van der Waals surface area contributed by atoms with Crippen LogP contribution in [-0.4, -0.2) is 25.8 Å². The van der Waals surface area contributed by atoms with Crippen LogP contribution in [0.3, 0.4) is 0 Å². The molecule has 1 rings (SSSR count). The van der Waals surface area contributed by atoms with Crippen molar-refractivity contribution in [2.45, 2.75) is 24.3 Å². The zero-order valence-corrected chi connectivity index (χ0v) is 13.1. The molecule has 0 aliphatic rings. The van der Waals surface area contributed by atoms with Crippen molar-refractivity contribution >= 4 is 37.6 Å². The van der Waals surface area contributed by atoms with Crippen LogP contribution in [-0.2, 0) is 10.0 Å². The highest BCUT2D eigenvalue weighted by molar-refractivity contribution is 9.10. The molecule has 0 aromatic heterocycles. The highest BCUT2D eigenvalue weighted by atomic mass is 79.9. The molecular weight excluding hydrogens is 340 g/mol. The van der Waals surface area contributed by atoms with E-state index in [1.807, 2.05) is 6.07 Å². The van der Waals surface area contributed by atoms with E-state index in [0.29, 0.717) is 4.47 Å². The molecule has 1 atom stereocenters. The van der Waals surface area contributed by atoms with E-state index in [2.05, 4.69) is 15.9 Å². The van der Waals surface area contributed by atoms with Crippen molar-refractivity contribution < 1.29 is 8.42 Å². The summed E-state index contributed by atoms with van der Waals surface area (Å²) in [5, 5.41) is 8.78. The second-order valence-electron chi connectivity index (χ2n) is 3.81. The number of rotatable bonds is 4. The van der Waals surface area contributed by atoms with Gasteiger partial charge >= 0.3 is 0 Å². The van der Waals surface area contributed by atoms with E-state index >= 15 is 0 Å². The van der Waals surface area contributed by atoms with Crippen molar-refractivity contribution in [2.24, 2.45) is 0 Å². The minimum Gasteiger partial charge on any atom is -0.207 e. The summed E-state index contributed by atoms with van der Waals surface area (Å²) in [5.41, 5.74) is 0. The van der Waals surface area contributed by atoms with Gasteiger partial charge in [-0.25, -0.2) is 8.42 Å². The molecule has 0 saturated heterocycles. The van der Waals surface area contributed by atoms with E-state index in [9.17, 15) is 8.42 Å². The molecule has 1 aromatic rings. The van der Waals surface area contributed by atoms with Crippen LogP contribution in [0.1, 0.15) is 13.3 Å². The van der Waals surface area contributed by atoms with Crippen LogP contribution in [0.4, 0.5) is 0 Å². The standard InChI is InChI=1S/C11H12BrClN2O2S/c1-8(5-6-14)15(2)18(16,17)11-7-9(12)3-4-10(11)13/h3-4,7-8H,5H2,1-2H3. The maximum atomic E-state index is 12.3. The van der Waals surface area contributed by atoms with Gasteiger partial charge in [0.2, 0.25) is 10.0 Å². The van der Waals surface area contributed by atoms with Gasteiger partial charge in [0.05, 0.1) is 17.5 Å². The maximum Gasteiger partial charge on any atom is 0.244 e. The van der Waals surface area contributed by atoms with Crippen molar-refractivity contribution in [3.63, 3.8) is 0 Å². The van der Waals surface area contributed by atoms with Crippen molar-refractivity contribution in [3.05, 3.63) is 27.7 Å². The molecule has 0 radical (unpaired) electrons. The molecule has 0 heterocycles. The van der Waals surface area contributed by atoms with Gasteiger partial charge in [0.1, 0.15) is 4.90 Å². The Hall–Kier alpha value is -0.610. The summed E-state index contributed by atoms with van der Waals surface area (Å²) in [6.45, 7) is 1.67. The van der Waals surface area contributed by atoms with Gasteiger partial charge in [-0.15, -0.1) is 0 Å². The Labute approximate surface area is 120 Å². The van der Waals surface area contributed by atoms with Gasteiger partial charge in [-0.1, -0.05) is 27.5 Å². The van der Waals surface area contributed by atoms with E-state index in [1.165, 1.54) is 19.2 Å². The Balaban J connectivity index is 3.22. The van der Waals surface area contributed by atoms with Gasteiger partial charge < -0.3 is 0 Å². The van der Waals surface area contributed by atoms with E-state index in [4.69, 9.17) is 16.9 Å². The van der Waals surface area contributed by atoms with Crippen LogP contribution in [0.25, 0.3) is 0 Å². The lowest BCUT2D eigenvalue weighted by molar-refractivity contribution is 0.393. The van der Waals surface area contributed by atoms with Crippen LogP contribution in [0.2, 0.25) is 5.02 Å². The summed E-state index contributed by atoms with van der Waals surface area (Å²) < 4.78 is 26.5. The van der Waals surface area contributed by atoms with Crippen LogP contribution >= 0.6 is 27.5 Å². The minimum absolute atomic E-state index is 0.0332. The van der Waals surface area contributed by atoms with E-state index in [-0.39, 0.29) is 16.3 Å². The minimum atomic E-state index is -3.69. The van der Waals surface area contributed by atoms with Crippen molar-refractivity contribution in [1.29, 1.82) is 5.26 Å². The molecule has 7 heteroatoms. The Morgan fingerprint density at radius 1 is 1.56 bits per heavy atom. The molecule has 0 amide bonds. The van der Waals surface area contributed by atoms with Gasteiger partial charge in [0.25, 0.3) is 0 Å². The Morgan fingerprint density at radius 3 is 2.72 bits per heavy atom. The van der Waals surface area contributed by atoms with Gasteiger partial charge in [0.15, 0.2) is 0 Å². The van der Waals surface area contributed by atoms with Crippen molar-refractivity contribution in [2.75, 3.05) is 7.05 Å². The molecule has 0 fully saturated rings. The fraction of sp³-hybridized carbons (Fsp3) is 0.364. The summed E-state index contributed by atoms with van der Waals surface area (Å²) in [7, 11) is -2.25. The number of hydrogen-bond acceptors (Lipinski definition) is 3. The first kappa shape index (κ1) is 15.4. The van der Waals surface area contributed by atoms with Crippen molar-refractivity contribution in [1.82, 2.24) is 4.31 Å². The van der Waals surface area contributed by atoms with Crippen molar-refractivity contribution in [3.8, 4) is 6.07 Å². The van der Waals surface area contributed by atoms with Gasteiger partial charge in [-0.3, -0.25) is 0 Å². The molecule has 18 heavy (non-hydrogen) atoms. The second-order valence-corrected chi connectivity index (χ2v) is 7.10. The summed E-state index contributed by atoms with van der Waals surface area (Å²) in [6, 6.07) is 6.18. The summed E-state index contributed by atoms with van der Waals surface area (Å²) in [6.07, 6.45) is 0.126. The monoisotopic (exact) mass is 350 g/mol. The van der Waals surface area contributed by atoms with Gasteiger partial charge in [0, 0.05) is 17.6 Å². The lowest BCUT2D eigenvalue weighted by Gasteiger charge is -2.22. The molecule has 98 valence electrons. The fourth-order valence-electron chi connectivity index (χ4n) is 1.33. The van der Waals surface area contributed by atoms with Crippen LogP contribution in [0.5, 0.6) is 0 Å². The van der Waals surface area contributed by atoms with Gasteiger partial charge in [-0.05, 0) is 25.1 Å². The smallest absolute Gasteiger partial charge is 0.207 e. The zero-order chi connectivity index (χ0) is 13.9. The highest BCUT2D eigenvalue weighted by Crippen LogP contribution is 2.28. The maximum absolute atomic E-state index is 12.3. The van der Waals surface area contributed by atoms with Crippen LogP contribution in [0.15, 0.2) is 27.6 Å². The first-order valence-corrected chi connectivity index (χ1v) is 7.72. The van der Waals surface area contributed by atoms with E-state index in [0.717, 1.165) is 4.31 Å². The molecule has 1 aromatic carbocycles. The van der Waals surface area contributed by atoms with E-state index in [1.54, 1.807) is 13.0 Å². The third-order valence-corrected chi connectivity index (χ3v) is 5.50. The Morgan fingerprint density at radius 2 is 2.17 bits per heavy atom. The van der Waals surface area contributed by atoms with Gasteiger partial charge in [-0.2, -0.15) is 9.57 Å². The number of nitriles is 1. The van der Waals surface area contributed by atoms with Crippen LogP contribution in [0, 0.1) is 11.3 Å². The van der Waals surface area contributed by atoms with E-state index < -0.39 is 16.1 Å². The normalized spacial score (nSPS) is 13.3. The number of benzene rings is 1. The average molecular weight is 352 g/mol. The Kier molecular flexibility index (Phi) is 5.17. The Bertz CT molecular complexity index is 583. The topological polar surface area (TPSA) is 61.2 Å². The SMILES string of the molecule is CC(CC#N)N(C)S(=O)(=O)c1cc(Br)ccc1Cl. The largest absolute Gasteiger partial charge is 0.244 e. The number of nitrogens with zero attached hydrogens (tertiary/aromatic N) is 2. The second kappa shape index (κ2) is 6.02. The first-order chi connectivity index (χ1) is 8.30. The molecule has 0 aliphatic carbocycles.